The van der Waals surface area contributed by atoms with Crippen LogP contribution >= 0.6 is 11.8 Å². The van der Waals surface area contributed by atoms with Gasteiger partial charge in [-0.2, -0.15) is 0 Å². The van der Waals surface area contributed by atoms with E-state index in [1.165, 1.54) is 18.6 Å². The zero-order valence-electron chi connectivity index (χ0n) is 9.79. The summed E-state index contributed by atoms with van der Waals surface area (Å²) in [5.41, 5.74) is 0. The number of amidine groups is 1. The minimum absolute atomic E-state index is 0.643. The van der Waals surface area contributed by atoms with Crippen molar-refractivity contribution in [3.8, 4) is 0 Å². The number of methoxy groups -OCH3 is 1. The third-order valence-electron chi connectivity index (χ3n) is 2.54. The molecule has 0 aromatic rings. The standard InChI is InChI=1S/C11H22N2OS/c1-3-10-6-9-15-11(13-10)12-7-4-5-8-14-2/h10H,3-9H2,1-2H3,(H,12,13). The first-order valence-corrected chi connectivity index (χ1v) is 6.78. The number of nitrogens with one attached hydrogen (secondary N) is 1. The molecule has 0 aliphatic carbocycles. The van der Waals surface area contributed by atoms with E-state index in [9.17, 15) is 0 Å². The zero-order valence-corrected chi connectivity index (χ0v) is 10.6. The number of rotatable bonds is 6. The van der Waals surface area contributed by atoms with Crippen molar-refractivity contribution in [2.24, 2.45) is 4.99 Å². The first kappa shape index (κ1) is 12.8. The van der Waals surface area contributed by atoms with Crippen molar-refractivity contribution in [3.05, 3.63) is 0 Å². The molecule has 0 saturated carbocycles. The summed E-state index contributed by atoms with van der Waals surface area (Å²) in [6, 6.07) is 0.643. The minimum atomic E-state index is 0.643. The van der Waals surface area contributed by atoms with Gasteiger partial charge in [-0.15, -0.1) is 0 Å². The van der Waals surface area contributed by atoms with E-state index in [4.69, 9.17) is 4.74 Å². The number of thioether (sulfide) groups is 1. The number of aliphatic imine (C=N–C) groups is 1. The van der Waals surface area contributed by atoms with Crippen molar-refractivity contribution >= 4 is 16.9 Å². The molecule has 0 aromatic carbocycles. The summed E-state index contributed by atoms with van der Waals surface area (Å²) in [7, 11) is 1.75. The SMILES string of the molecule is CCC1CCSC(=NCCCCOC)N1. The molecule has 1 saturated heterocycles. The smallest absolute Gasteiger partial charge is 0.156 e. The topological polar surface area (TPSA) is 33.6 Å². The van der Waals surface area contributed by atoms with Crippen molar-refractivity contribution in [1.29, 1.82) is 0 Å². The van der Waals surface area contributed by atoms with Crippen LogP contribution in [0.2, 0.25) is 0 Å². The molecule has 1 rings (SSSR count). The molecule has 1 fully saturated rings. The molecule has 0 spiro atoms. The van der Waals surface area contributed by atoms with E-state index in [2.05, 4.69) is 17.2 Å². The number of hydrogen-bond donors (Lipinski definition) is 1. The number of hydrogen-bond acceptors (Lipinski definition) is 3. The van der Waals surface area contributed by atoms with Crippen LogP contribution in [-0.2, 0) is 4.74 Å². The lowest BCUT2D eigenvalue weighted by molar-refractivity contribution is 0.193. The lowest BCUT2D eigenvalue weighted by Crippen LogP contribution is -2.37. The van der Waals surface area contributed by atoms with Crippen LogP contribution in [0.15, 0.2) is 4.99 Å². The molecule has 15 heavy (non-hydrogen) atoms. The van der Waals surface area contributed by atoms with Gasteiger partial charge in [-0.25, -0.2) is 0 Å². The van der Waals surface area contributed by atoms with Gasteiger partial charge in [0.05, 0.1) is 0 Å². The van der Waals surface area contributed by atoms with E-state index in [1.54, 1.807) is 7.11 Å². The van der Waals surface area contributed by atoms with Crippen LogP contribution in [0.25, 0.3) is 0 Å². The van der Waals surface area contributed by atoms with Gasteiger partial charge in [-0.05, 0) is 25.7 Å². The first-order chi connectivity index (χ1) is 7.36. The summed E-state index contributed by atoms with van der Waals surface area (Å²) >= 11 is 1.85. The fourth-order valence-electron chi connectivity index (χ4n) is 1.52. The molecule has 0 radical (unpaired) electrons. The molecule has 1 aliphatic rings. The summed E-state index contributed by atoms with van der Waals surface area (Å²) in [4.78, 5) is 4.57. The molecular weight excluding hydrogens is 208 g/mol. The molecule has 88 valence electrons. The van der Waals surface area contributed by atoms with Crippen molar-refractivity contribution in [3.63, 3.8) is 0 Å². The van der Waals surface area contributed by atoms with Gasteiger partial charge in [0.2, 0.25) is 0 Å². The Morgan fingerprint density at radius 3 is 3.13 bits per heavy atom. The number of ether oxygens (including phenoxy) is 1. The van der Waals surface area contributed by atoms with Crippen molar-refractivity contribution in [2.45, 2.75) is 38.6 Å². The zero-order chi connectivity index (χ0) is 10.9. The van der Waals surface area contributed by atoms with Crippen LogP contribution in [0.1, 0.15) is 32.6 Å². The Labute approximate surface area is 97.1 Å². The monoisotopic (exact) mass is 230 g/mol. The highest BCUT2D eigenvalue weighted by molar-refractivity contribution is 8.13. The van der Waals surface area contributed by atoms with Gasteiger partial charge in [-0.1, -0.05) is 18.7 Å². The van der Waals surface area contributed by atoms with Crippen LogP contribution in [-0.4, -0.2) is 37.2 Å². The molecule has 0 aromatic heterocycles. The molecule has 1 N–H and O–H groups in total. The molecule has 1 aliphatic heterocycles. The lowest BCUT2D eigenvalue weighted by Gasteiger charge is -2.24. The Morgan fingerprint density at radius 2 is 2.40 bits per heavy atom. The second-order valence-corrected chi connectivity index (χ2v) is 4.86. The van der Waals surface area contributed by atoms with Crippen LogP contribution < -0.4 is 5.32 Å². The second-order valence-electron chi connectivity index (χ2n) is 3.77. The summed E-state index contributed by atoms with van der Waals surface area (Å²) in [5, 5.41) is 4.62. The number of nitrogens with zero attached hydrogens (tertiary/aromatic N) is 1. The van der Waals surface area contributed by atoms with Crippen molar-refractivity contribution in [1.82, 2.24) is 5.32 Å². The molecule has 0 bridgehead atoms. The molecule has 0 amide bonds. The maximum Gasteiger partial charge on any atom is 0.156 e. The van der Waals surface area contributed by atoms with E-state index >= 15 is 0 Å². The van der Waals surface area contributed by atoms with Gasteiger partial charge in [0.15, 0.2) is 5.17 Å². The molecular formula is C11H22N2OS. The molecule has 4 heteroatoms. The van der Waals surface area contributed by atoms with E-state index < -0.39 is 0 Å². The third kappa shape index (κ3) is 5.42. The van der Waals surface area contributed by atoms with Gasteiger partial charge in [0.1, 0.15) is 0 Å². The number of unbranched alkanes of at least 4 members (excludes halogenated alkanes) is 1. The van der Waals surface area contributed by atoms with Crippen LogP contribution in [0, 0.1) is 0 Å². The first-order valence-electron chi connectivity index (χ1n) is 5.79. The summed E-state index contributed by atoms with van der Waals surface area (Å²) in [6.45, 7) is 4.00. The van der Waals surface area contributed by atoms with E-state index in [1.807, 2.05) is 11.8 Å². The summed E-state index contributed by atoms with van der Waals surface area (Å²) in [5.74, 6) is 1.21. The highest BCUT2D eigenvalue weighted by atomic mass is 32.2. The highest BCUT2D eigenvalue weighted by Crippen LogP contribution is 2.15. The fraction of sp³-hybridized carbons (Fsp3) is 0.909. The van der Waals surface area contributed by atoms with E-state index in [-0.39, 0.29) is 0 Å². The highest BCUT2D eigenvalue weighted by Gasteiger charge is 2.14. The Morgan fingerprint density at radius 1 is 1.53 bits per heavy atom. The average molecular weight is 230 g/mol. The Kier molecular flexibility index (Phi) is 6.85. The Bertz CT molecular complexity index is 197. The lowest BCUT2D eigenvalue weighted by atomic mass is 10.2. The summed E-state index contributed by atoms with van der Waals surface area (Å²) < 4.78 is 5.00. The second kappa shape index (κ2) is 7.99. The van der Waals surface area contributed by atoms with Gasteiger partial charge < -0.3 is 10.1 Å². The maximum absolute atomic E-state index is 5.00. The molecule has 1 unspecified atom stereocenters. The van der Waals surface area contributed by atoms with Gasteiger partial charge in [0.25, 0.3) is 0 Å². The normalized spacial score (nSPS) is 24.1. The van der Waals surface area contributed by atoms with Crippen LogP contribution in [0.4, 0.5) is 0 Å². The predicted molar refractivity (Wildman–Crippen MR) is 67.7 cm³/mol. The fourth-order valence-corrected chi connectivity index (χ4v) is 2.55. The maximum atomic E-state index is 5.00. The molecule has 3 nitrogen and oxygen atoms in total. The third-order valence-corrected chi connectivity index (χ3v) is 3.50. The van der Waals surface area contributed by atoms with Crippen LogP contribution in [0.3, 0.4) is 0 Å². The predicted octanol–water partition coefficient (Wildman–Crippen LogP) is 2.27. The minimum Gasteiger partial charge on any atom is -0.385 e. The molecule has 1 heterocycles. The van der Waals surface area contributed by atoms with E-state index in [0.717, 1.165) is 31.2 Å². The van der Waals surface area contributed by atoms with Crippen molar-refractivity contribution in [2.75, 3.05) is 26.0 Å². The van der Waals surface area contributed by atoms with Gasteiger partial charge in [0, 0.05) is 32.1 Å². The quantitative estimate of drug-likeness (QED) is 0.711. The van der Waals surface area contributed by atoms with Crippen LogP contribution in [0.5, 0.6) is 0 Å². The van der Waals surface area contributed by atoms with Gasteiger partial charge in [-0.3, -0.25) is 4.99 Å². The largest absolute Gasteiger partial charge is 0.385 e. The molecule has 1 atom stereocenters. The Hall–Kier alpha value is -0.220. The Balaban J connectivity index is 2.14. The van der Waals surface area contributed by atoms with Crippen molar-refractivity contribution < 1.29 is 4.74 Å². The average Bonchev–Trinajstić information content (AvgIpc) is 2.29. The van der Waals surface area contributed by atoms with Gasteiger partial charge >= 0.3 is 0 Å². The summed E-state index contributed by atoms with van der Waals surface area (Å²) in [6.07, 6.45) is 4.69. The van der Waals surface area contributed by atoms with E-state index in [0.29, 0.717) is 6.04 Å².